The molecule has 3 aromatic rings. The van der Waals surface area contributed by atoms with E-state index in [1.807, 2.05) is 6.07 Å². The first-order chi connectivity index (χ1) is 15.1. The van der Waals surface area contributed by atoms with Gasteiger partial charge in [0.25, 0.3) is 5.91 Å². The Bertz CT molecular complexity index is 1030. The van der Waals surface area contributed by atoms with Crippen LogP contribution in [0.25, 0.3) is 0 Å². The monoisotopic (exact) mass is 414 g/mol. The number of amides is 1. The van der Waals surface area contributed by atoms with Crippen LogP contribution in [-0.4, -0.2) is 35.0 Å². The molecule has 0 spiro atoms. The third-order valence-electron chi connectivity index (χ3n) is 5.74. The maximum absolute atomic E-state index is 12.4. The number of carbonyl (C=O) groups excluding carboxylic acids is 2. The van der Waals surface area contributed by atoms with E-state index in [0.717, 1.165) is 38.2 Å². The number of ketones is 1. The fourth-order valence-electron chi connectivity index (χ4n) is 3.91. The van der Waals surface area contributed by atoms with E-state index in [9.17, 15) is 9.59 Å². The summed E-state index contributed by atoms with van der Waals surface area (Å²) in [4.78, 5) is 26.0. The minimum atomic E-state index is -0.323. The van der Waals surface area contributed by atoms with Gasteiger partial charge in [0.15, 0.2) is 17.3 Å². The number of rotatable bonds is 6. The van der Waals surface area contributed by atoms with Crippen LogP contribution in [0, 0.1) is 5.92 Å². The highest BCUT2D eigenvalue weighted by atomic mass is 16.2. The first-order valence-corrected chi connectivity index (χ1v) is 10.6. The van der Waals surface area contributed by atoms with Gasteiger partial charge in [-0.05, 0) is 74.1 Å². The van der Waals surface area contributed by atoms with E-state index in [1.54, 1.807) is 30.3 Å². The van der Waals surface area contributed by atoms with Crippen molar-refractivity contribution in [3.05, 3.63) is 83.6 Å². The molecule has 1 aromatic heterocycles. The van der Waals surface area contributed by atoms with Gasteiger partial charge in [-0.2, -0.15) is 0 Å². The Morgan fingerprint density at radius 2 is 1.65 bits per heavy atom. The molecule has 0 saturated carbocycles. The Balaban J connectivity index is 1.31. The molecule has 31 heavy (non-hydrogen) atoms. The molecule has 0 radical (unpaired) electrons. The van der Waals surface area contributed by atoms with Crippen LogP contribution in [0.2, 0.25) is 0 Å². The van der Waals surface area contributed by atoms with Gasteiger partial charge in [0, 0.05) is 24.3 Å². The topological polar surface area (TPSA) is 75.2 Å². The minimum absolute atomic E-state index is 0.0107. The van der Waals surface area contributed by atoms with Crippen molar-refractivity contribution in [2.24, 2.45) is 5.92 Å². The van der Waals surface area contributed by atoms with Gasteiger partial charge in [0.05, 0.1) is 0 Å². The standard InChI is InChI=1S/C25H26N4O2/c1-18(30)21-7-9-22(10-8-21)26-25(31)23-11-12-24(28-27-23)29-15-13-20(14-16-29)17-19-5-3-2-4-6-19/h2-12,20H,13-17H2,1H3,(H,26,31). The fraction of sp³-hybridized carbons (Fsp3) is 0.280. The van der Waals surface area contributed by atoms with Crippen LogP contribution in [0.4, 0.5) is 11.5 Å². The number of aromatic nitrogens is 2. The van der Waals surface area contributed by atoms with Crippen LogP contribution in [0.3, 0.4) is 0 Å². The second-order valence-electron chi connectivity index (χ2n) is 7.98. The molecule has 0 bridgehead atoms. The third-order valence-corrected chi connectivity index (χ3v) is 5.74. The maximum atomic E-state index is 12.4. The molecule has 1 N–H and O–H groups in total. The summed E-state index contributed by atoms with van der Waals surface area (Å²) in [6.07, 6.45) is 3.36. The van der Waals surface area contributed by atoms with Gasteiger partial charge in [0.1, 0.15) is 0 Å². The lowest BCUT2D eigenvalue weighted by Gasteiger charge is -2.32. The molecule has 1 aliphatic heterocycles. The molecule has 6 heteroatoms. The number of anilines is 2. The maximum Gasteiger partial charge on any atom is 0.276 e. The highest BCUT2D eigenvalue weighted by Crippen LogP contribution is 2.24. The van der Waals surface area contributed by atoms with E-state index >= 15 is 0 Å². The fourth-order valence-corrected chi connectivity index (χ4v) is 3.91. The van der Waals surface area contributed by atoms with Crippen LogP contribution in [0.15, 0.2) is 66.7 Å². The molecular formula is C25H26N4O2. The van der Waals surface area contributed by atoms with Crippen molar-refractivity contribution in [1.82, 2.24) is 10.2 Å². The van der Waals surface area contributed by atoms with Gasteiger partial charge in [-0.25, -0.2) is 0 Å². The van der Waals surface area contributed by atoms with Crippen molar-refractivity contribution in [3.63, 3.8) is 0 Å². The molecule has 1 amide bonds. The van der Waals surface area contributed by atoms with Crippen molar-refractivity contribution in [2.75, 3.05) is 23.3 Å². The van der Waals surface area contributed by atoms with E-state index in [1.165, 1.54) is 12.5 Å². The molecule has 2 aromatic carbocycles. The van der Waals surface area contributed by atoms with E-state index in [-0.39, 0.29) is 17.4 Å². The summed E-state index contributed by atoms with van der Waals surface area (Å²) in [5.74, 6) is 1.16. The van der Waals surface area contributed by atoms with Crippen LogP contribution in [0.5, 0.6) is 0 Å². The number of hydrogen-bond acceptors (Lipinski definition) is 5. The summed E-state index contributed by atoms with van der Waals surface area (Å²) in [5.41, 5.74) is 2.88. The smallest absolute Gasteiger partial charge is 0.276 e. The molecule has 4 rings (SSSR count). The molecule has 0 atom stereocenters. The average molecular weight is 415 g/mol. The van der Waals surface area contributed by atoms with Gasteiger partial charge < -0.3 is 10.2 Å². The molecule has 6 nitrogen and oxygen atoms in total. The second kappa shape index (κ2) is 9.51. The zero-order valence-electron chi connectivity index (χ0n) is 17.6. The molecule has 0 aliphatic carbocycles. The number of nitrogens with one attached hydrogen (secondary N) is 1. The normalized spacial score (nSPS) is 14.3. The molecule has 1 saturated heterocycles. The zero-order valence-corrected chi connectivity index (χ0v) is 17.6. The Morgan fingerprint density at radius 3 is 2.26 bits per heavy atom. The van der Waals surface area contributed by atoms with Crippen molar-refractivity contribution in [3.8, 4) is 0 Å². The predicted molar refractivity (Wildman–Crippen MR) is 122 cm³/mol. The zero-order chi connectivity index (χ0) is 21.6. The average Bonchev–Trinajstić information content (AvgIpc) is 2.81. The Labute approximate surface area is 182 Å². The van der Waals surface area contributed by atoms with E-state index in [0.29, 0.717) is 17.2 Å². The molecule has 158 valence electrons. The number of piperidine rings is 1. The summed E-state index contributed by atoms with van der Waals surface area (Å²) < 4.78 is 0. The van der Waals surface area contributed by atoms with Gasteiger partial charge in [-0.3, -0.25) is 9.59 Å². The second-order valence-corrected chi connectivity index (χ2v) is 7.98. The van der Waals surface area contributed by atoms with Gasteiger partial charge >= 0.3 is 0 Å². The number of carbonyl (C=O) groups is 2. The predicted octanol–water partition coefficient (Wildman–Crippen LogP) is 4.39. The number of hydrogen-bond donors (Lipinski definition) is 1. The van der Waals surface area contributed by atoms with Crippen molar-refractivity contribution >= 4 is 23.2 Å². The van der Waals surface area contributed by atoms with E-state index in [2.05, 4.69) is 50.7 Å². The molecule has 2 heterocycles. The lowest BCUT2D eigenvalue weighted by molar-refractivity contribution is 0.101. The first-order valence-electron chi connectivity index (χ1n) is 10.6. The van der Waals surface area contributed by atoms with Gasteiger partial charge in [-0.1, -0.05) is 30.3 Å². The summed E-state index contributed by atoms with van der Waals surface area (Å²) >= 11 is 0. The summed E-state index contributed by atoms with van der Waals surface area (Å²) in [5, 5.41) is 11.2. The number of nitrogens with zero attached hydrogens (tertiary/aromatic N) is 3. The van der Waals surface area contributed by atoms with Gasteiger partial charge in [-0.15, -0.1) is 10.2 Å². The summed E-state index contributed by atoms with van der Waals surface area (Å²) in [6.45, 7) is 3.40. The van der Waals surface area contributed by atoms with Crippen LogP contribution < -0.4 is 10.2 Å². The van der Waals surface area contributed by atoms with E-state index < -0.39 is 0 Å². The number of benzene rings is 2. The van der Waals surface area contributed by atoms with E-state index in [4.69, 9.17) is 0 Å². The lowest BCUT2D eigenvalue weighted by Crippen LogP contribution is -2.35. The molecule has 1 fully saturated rings. The third kappa shape index (κ3) is 5.34. The molecule has 0 unspecified atom stereocenters. The minimum Gasteiger partial charge on any atom is -0.355 e. The Morgan fingerprint density at radius 1 is 0.935 bits per heavy atom. The van der Waals surface area contributed by atoms with Crippen LogP contribution in [-0.2, 0) is 6.42 Å². The van der Waals surface area contributed by atoms with Crippen molar-refractivity contribution in [1.29, 1.82) is 0 Å². The van der Waals surface area contributed by atoms with Gasteiger partial charge in [0.2, 0.25) is 0 Å². The Hall–Kier alpha value is -3.54. The molecular weight excluding hydrogens is 388 g/mol. The van der Waals surface area contributed by atoms with Crippen LogP contribution in [0.1, 0.15) is 46.2 Å². The SMILES string of the molecule is CC(=O)c1ccc(NC(=O)c2ccc(N3CCC(Cc4ccccc4)CC3)nn2)cc1. The van der Waals surface area contributed by atoms with Crippen molar-refractivity contribution < 1.29 is 9.59 Å². The summed E-state index contributed by atoms with van der Waals surface area (Å²) in [6, 6.07) is 21.0. The van der Waals surface area contributed by atoms with Crippen molar-refractivity contribution in [2.45, 2.75) is 26.2 Å². The Kier molecular flexibility index (Phi) is 6.36. The lowest BCUT2D eigenvalue weighted by atomic mass is 9.90. The largest absolute Gasteiger partial charge is 0.355 e. The highest BCUT2D eigenvalue weighted by Gasteiger charge is 2.21. The highest BCUT2D eigenvalue weighted by molar-refractivity contribution is 6.03. The molecule has 1 aliphatic rings. The quantitative estimate of drug-likeness (QED) is 0.606. The number of Topliss-reactive ketones (excluding diaryl/α,β-unsaturated/α-hetero) is 1. The van der Waals surface area contributed by atoms with Crippen LogP contribution >= 0.6 is 0 Å². The summed E-state index contributed by atoms with van der Waals surface area (Å²) in [7, 11) is 0. The first kappa shape index (κ1) is 20.7.